The van der Waals surface area contributed by atoms with Crippen LogP contribution in [0.4, 0.5) is 0 Å². The Morgan fingerprint density at radius 1 is 1.40 bits per heavy atom. The molecular weight excluding hydrogens is 193 g/mol. The van der Waals surface area contributed by atoms with E-state index in [0.717, 1.165) is 0 Å². The molecule has 0 aromatic carbocycles. The van der Waals surface area contributed by atoms with Crippen molar-refractivity contribution in [2.75, 3.05) is 0 Å². The molecular formula is H2LiOPTiZr. The van der Waals surface area contributed by atoms with E-state index in [1.54, 1.807) is 9.12 Å². The van der Waals surface area contributed by atoms with Crippen LogP contribution in [0.3, 0.4) is 0 Å². The molecule has 0 aromatic rings. The van der Waals surface area contributed by atoms with Gasteiger partial charge in [-0.2, -0.15) is 0 Å². The van der Waals surface area contributed by atoms with Gasteiger partial charge in [0, 0.05) is 47.9 Å². The van der Waals surface area contributed by atoms with E-state index in [2.05, 4.69) is 0 Å². The van der Waals surface area contributed by atoms with Crippen LogP contribution in [0.25, 0.3) is 0 Å². The van der Waals surface area contributed by atoms with Crippen LogP contribution < -0.4 is 18.9 Å². The van der Waals surface area contributed by atoms with E-state index in [-0.39, 0.29) is 68.2 Å². The third-order valence-corrected chi connectivity index (χ3v) is 0. The molecule has 0 aliphatic heterocycles. The average Bonchev–Trinajstić information content (AvgIpc) is 1.00. The van der Waals surface area contributed by atoms with E-state index in [1.807, 2.05) is 0 Å². The van der Waals surface area contributed by atoms with Crippen LogP contribution in [0.2, 0.25) is 0 Å². The molecule has 5 heavy (non-hydrogen) atoms. The van der Waals surface area contributed by atoms with Crippen molar-refractivity contribution in [2.24, 2.45) is 0 Å². The summed E-state index contributed by atoms with van der Waals surface area (Å²) in [4.78, 5) is 0. The number of rotatable bonds is 0. The Bertz CT molecular complexity index is 15.5. The van der Waals surface area contributed by atoms with Crippen LogP contribution in [0.15, 0.2) is 0 Å². The second-order valence-electron chi connectivity index (χ2n) is 0. The van der Waals surface area contributed by atoms with Crippen molar-refractivity contribution in [3.63, 3.8) is 0 Å². The molecule has 0 saturated heterocycles. The summed E-state index contributed by atoms with van der Waals surface area (Å²) in [5.41, 5.74) is 0. The third kappa shape index (κ3) is 22.0. The maximum atomic E-state index is 8.06. The van der Waals surface area contributed by atoms with Crippen LogP contribution in [0, 0.1) is 0 Å². The van der Waals surface area contributed by atoms with Gasteiger partial charge in [0.25, 0.3) is 0 Å². The predicted octanol–water partition coefficient (Wildman–Crippen LogP) is -2.41. The topological polar surface area (TPSA) is 17.1 Å². The van der Waals surface area contributed by atoms with Gasteiger partial charge < -0.3 is 1.43 Å². The largest absolute Gasteiger partial charge is 1.00 e. The second kappa shape index (κ2) is 33.5. The molecule has 0 radical (unpaired) electrons. The van der Waals surface area contributed by atoms with Crippen LogP contribution in [-0.4, -0.2) is 0 Å². The van der Waals surface area contributed by atoms with Crippen LogP contribution in [0.1, 0.15) is 1.43 Å². The molecule has 0 fully saturated rings. The quantitative estimate of drug-likeness (QED) is 0.310. The fourth-order valence-corrected chi connectivity index (χ4v) is 0. The number of hydrogen-bond donors (Lipinski definition) is 0. The van der Waals surface area contributed by atoms with E-state index in [0.29, 0.717) is 0 Å². The maximum absolute atomic E-state index is 8.06. The summed E-state index contributed by atoms with van der Waals surface area (Å²) in [5.74, 6) is 0. The Labute approximate surface area is 80.9 Å². The minimum atomic E-state index is 0. The first-order valence-corrected chi connectivity index (χ1v) is 0.612. The monoisotopic (exact) mass is 194 g/mol. The SMILES string of the molecule is O=P.[H-].[Li+].[Ti].[Zr]. The van der Waals surface area contributed by atoms with Gasteiger partial charge in [0.1, 0.15) is 9.12 Å². The Morgan fingerprint density at radius 2 is 1.40 bits per heavy atom. The summed E-state index contributed by atoms with van der Waals surface area (Å²) in [6, 6.07) is 0. The minimum absolute atomic E-state index is 0. The first-order chi connectivity index (χ1) is 1.00. The van der Waals surface area contributed by atoms with Crippen molar-refractivity contribution in [3.05, 3.63) is 0 Å². The van der Waals surface area contributed by atoms with E-state index >= 15 is 0 Å². The van der Waals surface area contributed by atoms with Crippen molar-refractivity contribution in [1.29, 1.82) is 0 Å². The molecule has 0 heterocycles. The van der Waals surface area contributed by atoms with Crippen molar-refractivity contribution in [1.82, 2.24) is 0 Å². The van der Waals surface area contributed by atoms with Gasteiger partial charge in [0.05, 0.1) is 0 Å². The molecule has 0 spiro atoms. The summed E-state index contributed by atoms with van der Waals surface area (Å²) in [5, 5.41) is 0. The summed E-state index contributed by atoms with van der Waals surface area (Å²) < 4.78 is 8.06. The smallest absolute Gasteiger partial charge is 1.00 e. The molecule has 0 aliphatic carbocycles. The fourth-order valence-electron chi connectivity index (χ4n) is 0. The summed E-state index contributed by atoms with van der Waals surface area (Å²) in [6.07, 6.45) is 0. The van der Waals surface area contributed by atoms with E-state index < -0.39 is 0 Å². The first kappa shape index (κ1) is 26.6. The molecule has 0 bridgehead atoms. The third-order valence-electron chi connectivity index (χ3n) is 0. The van der Waals surface area contributed by atoms with E-state index in [4.69, 9.17) is 4.57 Å². The van der Waals surface area contributed by atoms with E-state index in [1.165, 1.54) is 0 Å². The zero-order chi connectivity index (χ0) is 2.00. The molecule has 0 rings (SSSR count). The standard InChI is InChI=1S/Li.HOP.Ti.Zr.H/c;1-2;;;/h;2H;;;/q+1;;;;-1. The van der Waals surface area contributed by atoms with E-state index in [9.17, 15) is 0 Å². The first-order valence-electron chi connectivity index (χ1n) is 0.204. The van der Waals surface area contributed by atoms with Crippen molar-refractivity contribution in [2.45, 2.75) is 0 Å². The van der Waals surface area contributed by atoms with Crippen molar-refractivity contribution < 1.29 is 72.8 Å². The van der Waals surface area contributed by atoms with Crippen LogP contribution in [0.5, 0.6) is 0 Å². The van der Waals surface area contributed by atoms with Gasteiger partial charge in [0.2, 0.25) is 0 Å². The maximum Gasteiger partial charge on any atom is 1.00 e. The zero-order valence-electron chi connectivity index (χ0n) is 3.91. The van der Waals surface area contributed by atoms with Gasteiger partial charge in [-0.3, -0.25) is 4.57 Å². The zero-order valence-corrected chi connectivity index (χ0v) is 7.93. The molecule has 0 aliphatic rings. The second-order valence-corrected chi connectivity index (χ2v) is 0. The molecule has 5 heteroatoms. The van der Waals surface area contributed by atoms with Gasteiger partial charge >= 0.3 is 18.9 Å². The van der Waals surface area contributed by atoms with Gasteiger partial charge in [-0.15, -0.1) is 0 Å². The Morgan fingerprint density at radius 3 is 1.40 bits per heavy atom. The van der Waals surface area contributed by atoms with Gasteiger partial charge in [-0.25, -0.2) is 0 Å². The molecule has 22 valence electrons. The molecule has 0 unspecified atom stereocenters. The van der Waals surface area contributed by atoms with Crippen LogP contribution in [-0.2, 0) is 52.5 Å². The van der Waals surface area contributed by atoms with Gasteiger partial charge in [0.15, 0.2) is 0 Å². The van der Waals surface area contributed by atoms with Gasteiger partial charge in [-0.05, 0) is 0 Å². The Balaban J connectivity index is -0.000000000833. The number of hydrogen-bond acceptors (Lipinski definition) is 1. The molecule has 0 amide bonds. The normalized spacial score (nSPS) is 0.800. The molecule has 0 aromatic heterocycles. The summed E-state index contributed by atoms with van der Waals surface area (Å²) in [6.45, 7) is 0. The minimum Gasteiger partial charge on any atom is -1.00 e. The fraction of sp³-hybridized carbons (Fsp3) is 0. The molecule has 0 N–H and O–H groups in total. The van der Waals surface area contributed by atoms with Crippen molar-refractivity contribution >= 4 is 9.12 Å². The predicted molar refractivity (Wildman–Crippen MR) is 10.1 cm³/mol. The molecule has 1 nitrogen and oxygen atoms in total. The summed E-state index contributed by atoms with van der Waals surface area (Å²) >= 11 is 0. The Hall–Kier alpha value is 2.29. The van der Waals surface area contributed by atoms with Crippen LogP contribution >= 0.6 is 9.12 Å². The van der Waals surface area contributed by atoms with Crippen molar-refractivity contribution in [3.8, 4) is 0 Å². The molecule has 0 atom stereocenters. The average molecular weight is 195 g/mol. The molecule has 0 saturated carbocycles. The summed E-state index contributed by atoms with van der Waals surface area (Å²) in [7, 11) is 1.72. The van der Waals surface area contributed by atoms with Gasteiger partial charge in [-0.1, -0.05) is 0 Å². The Kier molecular flexibility index (Phi) is 178.